The Bertz CT molecular complexity index is 305. The molecule has 92 valence electrons. The summed E-state index contributed by atoms with van der Waals surface area (Å²) < 4.78 is 0. The number of hydrogen-bond donors (Lipinski definition) is 1. The SMILES string of the molecule is CC1=CC[C@@H](C=CC(C)(C)[C@@H](C)O)C1(C)C. The van der Waals surface area contributed by atoms with E-state index in [0.717, 1.165) is 6.42 Å². The molecule has 1 aliphatic rings. The van der Waals surface area contributed by atoms with Crippen LogP contribution in [0, 0.1) is 16.7 Å². The molecule has 1 heteroatoms. The summed E-state index contributed by atoms with van der Waals surface area (Å²) in [7, 11) is 0. The summed E-state index contributed by atoms with van der Waals surface area (Å²) in [6.07, 6.45) is 7.63. The van der Waals surface area contributed by atoms with Crippen LogP contribution in [0.5, 0.6) is 0 Å². The van der Waals surface area contributed by atoms with Crippen LogP contribution in [-0.2, 0) is 0 Å². The van der Waals surface area contributed by atoms with Crippen LogP contribution in [0.25, 0.3) is 0 Å². The maximum Gasteiger partial charge on any atom is 0.0597 e. The van der Waals surface area contributed by atoms with E-state index in [0.29, 0.717) is 5.92 Å². The molecule has 1 aliphatic carbocycles. The molecule has 0 bridgehead atoms. The topological polar surface area (TPSA) is 20.2 Å². The third-order valence-corrected chi connectivity index (χ3v) is 4.46. The van der Waals surface area contributed by atoms with Gasteiger partial charge in [-0.2, -0.15) is 0 Å². The van der Waals surface area contributed by atoms with Crippen LogP contribution in [0.3, 0.4) is 0 Å². The second-order valence-electron chi connectivity index (χ2n) is 6.31. The van der Waals surface area contributed by atoms with Gasteiger partial charge in [0.25, 0.3) is 0 Å². The highest BCUT2D eigenvalue weighted by molar-refractivity contribution is 5.22. The Kier molecular flexibility index (Phi) is 3.69. The van der Waals surface area contributed by atoms with Gasteiger partial charge >= 0.3 is 0 Å². The lowest BCUT2D eigenvalue weighted by molar-refractivity contribution is 0.0989. The van der Waals surface area contributed by atoms with Gasteiger partial charge in [-0.05, 0) is 31.6 Å². The molecule has 0 heterocycles. The zero-order valence-corrected chi connectivity index (χ0v) is 11.5. The van der Waals surface area contributed by atoms with E-state index in [9.17, 15) is 5.11 Å². The Morgan fingerprint density at radius 2 is 2.06 bits per heavy atom. The van der Waals surface area contributed by atoms with Crippen molar-refractivity contribution in [3.8, 4) is 0 Å². The van der Waals surface area contributed by atoms with Gasteiger partial charge in [0.2, 0.25) is 0 Å². The normalized spacial score (nSPS) is 27.2. The first-order chi connectivity index (χ1) is 7.18. The van der Waals surface area contributed by atoms with Crippen LogP contribution < -0.4 is 0 Å². The molecule has 0 aliphatic heterocycles. The van der Waals surface area contributed by atoms with Crippen LogP contribution in [0.4, 0.5) is 0 Å². The highest BCUT2D eigenvalue weighted by Crippen LogP contribution is 2.44. The minimum Gasteiger partial charge on any atom is -0.393 e. The summed E-state index contributed by atoms with van der Waals surface area (Å²) in [4.78, 5) is 0. The van der Waals surface area contributed by atoms with E-state index in [1.54, 1.807) is 0 Å². The fraction of sp³-hybridized carbons (Fsp3) is 0.733. The average molecular weight is 222 g/mol. The summed E-state index contributed by atoms with van der Waals surface area (Å²) in [6.45, 7) is 12.8. The third-order valence-electron chi connectivity index (χ3n) is 4.46. The predicted octanol–water partition coefficient (Wildman–Crippen LogP) is 3.94. The lowest BCUT2D eigenvalue weighted by Gasteiger charge is -2.29. The minimum atomic E-state index is -0.303. The molecular formula is C15H26O. The largest absolute Gasteiger partial charge is 0.393 e. The van der Waals surface area contributed by atoms with E-state index < -0.39 is 0 Å². The number of hydrogen-bond acceptors (Lipinski definition) is 1. The van der Waals surface area contributed by atoms with Gasteiger partial charge in [-0.15, -0.1) is 0 Å². The van der Waals surface area contributed by atoms with Gasteiger partial charge in [0.15, 0.2) is 0 Å². The van der Waals surface area contributed by atoms with Crippen molar-refractivity contribution in [2.75, 3.05) is 0 Å². The van der Waals surface area contributed by atoms with Crippen molar-refractivity contribution in [1.29, 1.82) is 0 Å². The quantitative estimate of drug-likeness (QED) is 0.717. The molecule has 0 fully saturated rings. The van der Waals surface area contributed by atoms with Crippen molar-refractivity contribution in [1.82, 2.24) is 0 Å². The second-order valence-corrected chi connectivity index (χ2v) is 6.31. The summed E-state index contributed by atoms with van der Waals surface area (Å²) >= 11 is 0. The number of aliphatic hydroxyl groups excluding tert-OH is 1. The number of rotatable bonds is 3. The first-order valence-corrected chi connectivity index (χ1v) is 6.22. The molecule has 2 atom stereocenters. The highest BCUT2D eigenvalue weighted by atomic mass is 16.3. The van der Waals surface area contributed by atoms with Crippen LogP contribution in [0.15, 0.2) is 23.8 Å². The zero-order valence-electron chi connectivity index (χ0n) is 11.5. The van der Waals surface area contributed by atoms with Crippen LogP contribution in [0.2, 0.25) is 0 Å². The predicted molar refractivity (Wildman–Crippen MR) is 70.2 cm³/mol. The smallest absolute Gasteiger partial charge is 0.0597 e. The van der Waals surface area contributed by atoms with Crippen LogP contribution >= 0.6 is 0 Å². The number of allylic oxidation sites excluding steroid dienone is 3. The molecule has 0 spiro atoms. The lowest BCUT2D eigenvalue weighted by Crippen LogP contribution is -2.25. The molecule has 0 saturated heterocycles. The van der Waals surface area contributed by atoms with Crippen LogP contribution in [0.1, 0.15) is 48.0 Å². The fourth-order valence-corrected chi connectivity index (χ4v) is 1.98. The molecular weight excluding hydrogens is 196 g/mol. The minimum absolute atomic E-state index is 0.132. The standard InChI is InChI=1S/C15H26O/c1-11-7-8-13(15(11,5)6)9-10-14(3,4)12(2)16/h7,9-10,12-13,16H,8H2,1-6H3/t12-,13+/m1/s1. The molecule has 0 radical (unpaired) electrons. The van der Waals surface area contributed by atoms with E-state index in [1.807, 2.05) is 6.92 Å². The first kappa shape index (κ1) is 13.5. The van der Waals surface area contributed by atoms with Crippen molar-refractivity contribution in [2.45, 2.75) is 54.1 Å². The molecule has 16 heavy (non-hydrogen) atoms. The summed E-state index contributed by atoms with van der Waals surface area (Å²) in [5, 5.41) is 9.67. The van der Waals surface area contributed by atoms with Gasteiger partial charge in [-0.1, -0.05) is 51.5 Å². The summed E-state index contributed by atoms with van der Waals surface area (Å²) in [5.41, 5.74) is 1.62. The Labute approximate surface area is 100 Å². The molecule has 1 nitrogen and oxygen atoms in total. The maximum absolute atomic E-state index is 9.67. The van der Waals surface area contributed by atoms with Gasteiger partial charge in [0.05, 0.1) is 6.10 Å². The Hall–Kier alpha value is -0.560. The Morgan fingerprint density at radius 3 is 2.44 bits per heavy atom. The monoisotopic (exact) mass is 222 g/mol. The van der Waals surface area contributed by atoms with Crippen LogP contribution in [-0.4, -0.2) is 11.2 Å². The summed E-state index contributed by atoms with van der Waals surface area (Å²) in [5.74, 6) is 0.575. The number of aliphatic hydroxyl groups is 1. The highest BCUT2D eigenvalue weighted by Gasteiger charge is 2.33. The lowest BCUT2D eigenvalue weighted by atomic mass is 9.76. The third kappa shape index (κ3) is 2.57. The van der Waals surface area contributed by atoms with Crippen molar-refractivity contribution >= 4 is 0 Å². The Morgan fingerprint density at radius 1 is 1.50 bits per heavy atom. The van der Waals surface area contributed by atoms with Gasteiger partial charge in [0, 0.05) is 5.41 Å². The average Bonchev–Trinajstić information content (AvgIpc) is 2.39. The van der Waals surface area contributed by atoms with Gasteiger partial charge in [0.1, 0.15) is 0 Å². The molecule has 0 aromatic carbocycles. The van der Waals surface area contributed by atoms with Crippen molar-refractivity contribution in [3.05, 3.63) is 23.8 Å². The van der Waals surface area contributed by atoms with E-state index in [1.165, 1.54) is 5.57 Å². The molecule has 0 aromatic rings. The van der Waals surface area contributed by atoms with Crippen molar-refractivity contribution in [3.63, 3.8) is 0 Å². The van der Waals surface area contributed by atoms with Gasteiger partial charge in [-0.3, -0.25) is 0 Å². The zero-order chi connectivity index (χ0) is 12.6. The van der Waals surface area contributed by atoms with Crippen molar-refractivity contribution < 1.29 is 5.11 Å². The van der Waals surface area contributed by atoms with E-state index in [2.05, 4.69) is 52.8 Å². The molecule has 0 aromatic heterocycles. The van der Waals surface area contributed by atoms with Gasteiger partial charge < -0.3 is 5.11 Å². The molecule has 1 rings (SSSR count). The summed E-state index contributed by atoms with van der Waals surface area (Å²) in [6, 6.07) is 0. The van der Waals surface area contributed by atoms with Crippen molar-refractivity contribution in [2.24, 2.45) is 16.7 Å². The second kappa shape index (κ2) is 4.37. The van der Waals surface area contributed by atoms with E-state index in [4.69, 9.17) is 0 Å². The Balaban J connectivity index is 2.74. The maximum atomic E-state index is 9.67. The fourth-order valence-electron chi connectivity index (χ4n) is 1.98. The van der Waals surface area contributed by atoms with Gasteiger partial charge in [-0.25, -0.2) is 0 Å². The molecule has 0 saturated carbocycles. The molecule has 0 amide bonds. The first-order valence-electron chi connectivity index (χ1n) is 6.22. The molecule has 1 N–H and O–H groups in total. The van der Waals surface area contributed by atoms with E-state index in [-0.39, 0.29) is 16.9 Å². The van der Waals surface area contributed by atoms with E-state index >= 15 is 0 Å². The molecule has 0 unspecified atom stereocenters.